The van der Waals surface area contributed by atoms with Crippen molar-refractivity contribution in [2.24, 2.45) is 5.92 Å². The number of aromatic hydroxyl groups is 1. The van der Waals surface area contributed by atoms with Crippen LogP contribution in [0.4, 0.5) is 4.39 Å². The Morgan fingerprint density at radius 1 is 1.00 bits per heavy atom. The SMILES string of the molecule is CC(=O)[C@H](CC[C@H](O)c1ccc(F)cc1)[C@H](C)c1ccc(O)cc1. The monoisotopic (exact) mass is 330 g/mol. The van der Waals surface area contributed by atoms with Crippen LogP contribution in [0.5, 0.6) is 5.75 Å². The zero-order valence-corrected chi connectivity index (χ0v) is 13.9. The molecule has 0 bridgehead atoms. The van der Waals surface area contributed by atoms with E-state index in [1.165, 1.54) is 12.1 Å². The van der Waals surface area contributed by atoms with Crippen LogP contribution in [-0.2, 0) is 4.79 Å². The average Bonchev–Trinajstić information content (AvgIpc) is 2.55. The second kappa shape index (κ2) is 8.06. The number of halogens is 1. The van der Waals surface area contributed by atoms with Gasteiger partial charge in [-0.05, 0) is 61.1 Å². The fraction of sp³-hybridized carbons (Fsp3) is 0.350. The molecule has 0 aliphatic rings. The van der Waals surface area contributed by atoms with Gasteiger partial charge in [0.25, 0.3) is 0 Å². The van der Waals surface area contributed by atoms with Crippen molar-refractivity contribution in [2.75, 3.05) is 0 Å². The lowest BCUT2D eigenvalue weighted by molar-refractivity contribution is -0.121. The Morgan fingerprint density at radius 2 is 1.54 bits per heavy atom. The number of benzene rings is 2. The van der Waals surface area contributed by atoms with Gasteiger partial charge in [0.1, 0.15) is 17.3 Å². The van der Waals surface area contributed by atoms with Crippen molar-refractivity contribution >= 4 is 5.78 Å². The number of ketones is 1. The van der Waals surface area contributed by atoms with Gasteiger partial charge in [-0.25, -0.2) is 4.39 Å². The first kappa shape index (κ1) is 18.1. The van der Waals surface area contributed by atoms with Crippen molar-refractivity contribution < 1.29 is 19.4 Å². The van der Waals surface area contributed by atoms with E-state index >= 15 is 0 Å². The topological polar surface area (TPSA) is 57.5 Å². The lowest BCUT2D eigenvalue weighted by Crippen LogP contribution is -2.19. The summed E-state index contributed by atoms with van der Waals surface area (Å²) in [5, 5.41) is 19.6. The molecule has 0 aliphatic heterocycles. The fourth-order valence-electron chi connectivity index (χ4n) is 3.00. The Labute approximate surface area is 141 Å². The van der Waals surface area contributed by atoms with Gasteiger partial charge < -0.3 is 10.2 Å². The molecule has 24 heavy (non-hydrogen) atoms. The van der Waals surface area contributed by atoms with Crippen LogP contribution < -0.4 is 0 Å². The minimum Gasteiger partial charge on any atom is -0.508 e. The first-order valence-electron chi connectivity index (χ1n) is 8.11. The number of aliphatic hydroxyl groups is 1. The van der Waals surface area contributed by atoms with E-state index in [-0.39, 0.29) is 29.2 Å². The van der Waals surface area contributed by atoms with Gasteiger partial charge in [0.15, 0.2) is 0 Å². The molecule has 0 saturated heterocycles. The van der Waals surface area contributed by atoms with Gasteiger partial charge in [-0.15, -0.1) is 0 Å². The van der Waals surface area contributed by atoms with Gasteiger partial charge in [-0.2, -0.15) is 0 Å². The van der Waals surface area contributed by atoms with Crippen molar-refractivity contribution in [1.82, 2.24) is 0 Å². The summed E-state index contributed by atoms with van der Waals surface area (Å²) < 4.78 is 12.9. The number of rotatable bonds is 7. The smallest absolute Gasteiger partial charge is 0.133 e. The highest BCUT2D eigenvalue weighted by molar-refractivity contribution is 5.79. The minimum atomic E-state index is -0.723. The molecule has 0 aliphatic carbocycles. The molecule has 0 heterocycles. The molecular weight excluding hydrogens is 307 g/mol. The number of Topliss-reactive ketones (excluding diaryl/α,β-unsaturated/α-hetero) is 1. The van der Waals surface area contributed by atoms with Crippen LogP contribution in [0.2, 0.25) is 0 Å². The molecule has 0 fully saturated rings. The second-order valence-corrected chi connectivity index (χ2v) is 6.24. The molecule has 4 heteroatoms. The summed E-state index contributed by atoms with van der Waals surface area (Å²) in [6, 6.07) is 12.6. The zero-order chi connectivity index (χ0) is 17.7. The molecule has 3 atom stereocenters. The highest BCUT2D eigenvalue weighted by atomic mass is 19.1. The van der Waals surface area contributed by atoms with Gasteiger partial charge in [0, 0.05) is 5.92 Å². The lowest BCUT2D eigenvalue weighted by Gasteiger charge is -2.23. The Morgan fingerprint density at radius 3 is 2.08 bits per heavy atom. The van der Waals surface area contributed by atoms with Crippen molar-refractivity contribution in [3.05, 3.63) is 65.5 Å². The number of phenols is 1. The predicted molar refractivity (Wildman–Crippen MR) is 91.3 cm³/mol. The van der Waals surface area contributed by atoms with Crippen LogP contribution in [0.3, 0.4) is 0 Å². The fourth-order valence-corrected chi connectivity index (χ4v) is 3.00. The largest absolute Gasteiger partial charge is 0.508 e. The molecule has 0 amide bonds. The number of carbonyl (C=O) groups excluding carboxylic acids is 1. The van der Waals surface area contributed by atoms with Crippen LogP contribution in [0, 0.1) is 11.7 Å². The first-order valence-corrected chi connectivity index (χ1v) is 8.11. The van der Waals surface area contributed by atoms with E-state index in [9.17, 15) is 19.4 Å². The van der Waals surface area contributed by atoms with E-state index in [0.29, 0.717) is 18.4 Å². The Bertz CT molecular complexity index is 664. The van der Waals surface area contributed by atoms with E-state index in [1.807, 2.05) is 19.1 Å². The molecule has 0 saturated carbocycles. The molecule has 0 unspecified atom stereocenters. The Balaban J connectivity index is 2.04. The number of phenolic OH excluding ortho intramolecular Hbond substituents is 1. The summed E-state index contributed by atoms with van der Waals surface area (Å²) in [5.74, 6) is -0.305. The molecule has 2 aromatic rings. The van der Waals surface area contributed by atoms with Crippen LogP contribution in [0.15, 0.2) is 48.5 Å². The number of carbonyl (C=O) groups is 1. The van der Waals surface area contributed by atoms with E-state index < -0.39 is 6.10 Å². The summed E-state index contributed by atoms with van der Waals surface area (Å²) in [6.45, 7) is 3.54. The van der Waals surface area contributed by atoms with Gasteiger partial charge in [-0.3, -0.25) is 4.79 Å². The second-order valence-electron chi connectivity index (χ2n) is 6.24. The molecule has 2 rings (SSSR count). The van der Waals surface area contributed by atoms with Crippen molar-refractivity contribution in [3.8, 4) is 5.75 Å². The first-order chi connectivity index (χ1) is 11.4. The maximum atomic E-state index is 12.9. The van der Waals surface area contributed by atoms with Crippen LogP contribution in [-0.4, -0.2) is 16.0 Å². The maximum Gasteiger partial charge on any atom is 0.133 e. The number of hydrogen-bond acceptors (Lipinski definition) is 3. The van der Waals surface area contributed by atoms with E-state index in [0.717, 1.165) is 5.56 Å². The molecule has 2 N–H and O–H groups in total. The normalized spacial score (nSPS) is 14.8. The molecule has 0 radical (unpaired) electrons. The molecule has 2 aromatic carbocycles. The summed E-state index contributed by atoms with van der Waals surface area (Å²) in [4.78, 5) is 12.0. The van der Waals surface area contributed by atoms with Gasteiger partial charge in [-0.1, -0.05) is 31.2 Å². The Hall–Kier alpha value is -2.20. The third-order valence-corrected chi connectivity index (χ3v) is 4.55. The third kappa shape index (κ3) is 4.65. The van der Waals surface area contributed by atoms with Gasteiger partial charge in [0.05, 0.1) is 6.10 Å². The summed E-state index contributed by atoms with van der Waals surface area (Å²) in [7, 11) is 0. The number of aliphatic hydroxyl groups excluding tert-OH is 1. The molecule has 0 aromatic heterocycles. The molecule has 3 nitrogen and oxygen atoms in total. The van der Waals surface area contributed by atoms with Crippen molar-refractivity contribution in [2.45, 2.75) is 38.7 Å². The summed E-state index contributed by atoms with van der Waals surface area (Å²) in [5.41, 5.74) is 1.63. The van der Waals surface area contributed by atoms with Crippen LogP contribution in [0.25, 0.3) is 0 Å². The Kier molecular flexibility index (Phi) is 6.10. The average molecular weight is 330 g/mol. The maximum absolute atomic E-state index is 12.9. The lowest BCUT2D eigenvalue weighted by atomic mass is 9.81. The predicted octanol–water partition coefficient (Wildman–Crippen LogP) is 4.35. The van der Waals surface area contributed by atoms with E-state index in [2.05, 4.69) is 0 Å². The minimum absolute atomic E-state index is 0.0106. The van der Waals surface area contributed by atoms with Crippen LogP contribution in [0.1, 0.15) is 49.8 Å². The highest BCUT2D eigenvalue weighted by Gasteiger charge is 2.24. The number of hydrogen-bond donors (Lipinski definition) is 2. The molecule has 128 valence electrons. The van der Waals surface area contributed by atoms with E-state index in [4.69, 9.17) is 0 Å². The summed E-state index contributed by atoms with van der Waals surface area (Å²) in [6.07, 6.45) is 0.244. The standard InChI is InChI=1S/C20H23FO3/c1-13(15-5-9-18(23)10-6-15)19(14(2)22)11-12-20(24)16-3-7-17(21)8-4-16/h3-10,13,19-20,23-24H,11-12H2,1-2H3/t13-,19-,20+/m1/s1. The summed E-state index contributed by atoms with van der Waals surface area (Å²) >= 11 is 0. The van der Waals surface area contributed by atoms with Gasteiger partial charge in [0.2, 0.25) is 0 Å². The van der Waals surface area contributed by atoms with Gasteiger partial charge >= 0.3 is 0 Å². The molecule has 0 spiro atoms. The van der Waals surface area contributed by atoms with Crippen LogP contribution >= 0.6 is 0 Å². The highest BCUT2D eigenvalue weighted by Crippen LogP contribution is 2.32. The zero-order valence-electron chi connectivity index (χ0n) is 13.9. The quantitative estimate of drug-likeness (QED) is 0.793. The third-order valence-electron chi connectivity index (χ3n) is 4.55. The van der Waals surface area contributed by atoms with E-state index in [1.54, 1.807) is 31.2 Å². The van der Waals surface area contributed by atoms with Crippen molar-refractivity contribution in [1.29, 1.82) is 0 Å². The molecular formula is C20H23FO3. The van der Waals surface area contributed by atoms with Crippen molar-refractivity contribution in [3.63, 3.8) is 0 Å².